The van der Waals surface area contributed by atoms with E-state index in [1.54, 1.807) is 6.92 Å². The largest absolute Gasteiger partial charge is 0.369 e. The summed E-state index contributed by atoms with van der Waals surface area (Å²) in [5, 5.41) is 0. The molecule has 0 fully saturated rings. The van der Waals surface area contributed by atoms with Crippen molar-refractivity contribution in [1.82, 2.24) is 9.97 Å². The Morgan fingerprint density at radius 2 is 2.33 bits per heavy atom. The summed E-state index contributed by atoms with van der Waals surface area (Å²) in [7, 11) is 0. The first-order valence-corrected chi connectivity index (χ1v) is 3.56. The van der Waals surface area contributed by atoms with E-state index in [9.17, 15) is 9.18 Å². The molecule has 0 unspecified atom stereocenters. The number of hydrogen-bond acceptors (Lipinski definition) is 3. The number of aryl methyl sites for hydroxylation is 1. The zero-order chi connectivity index (χ0) is 9.14. The van der Waals surface area contributed by atoms with Gasteiger partial charge in [0.1, 0.15) is 0 Å². The number of nitrogen functional groups attached to an aromatic ring is 1. The summed E-state index contributed by atoms with van der Waals surface area (Å²) >= 11 is 0. The summed E-state index contributed by atoms with van der Waals surface area (Å²) in [6.45, 7) is 1.08. The van der Waals surface area contributed by atoms with Gasteiger partial charge in [0.2, 0.25) is 5.95 Å². The lowest BCUT2D eigenvalue weighted by atomic mass is 10.2. The summed E-state index contributed by atoms with van der Waals surface area (Å²) in [5.41, 5.74) is 5.78. The number of rotatable bonds is 2. The van der Waals surface area contributed by atoms with Gasteiger partial charge >= 0.3 is 0 Å². The van der Waals surface area contributed by atoms with Crippen LogP contribution in [0.4, 0.5) is 10.3 Å². The van der Waals surface area contributed by atoms with Crippen LogP contribution in [0.15, 0.2) is 4.79 Å². The molecule has 4 nitrogen and oxygen atoms in total. The molecular formula is C7H10FN3O. The molecule has 1 aromatic rings. The maximum Gasteiger partial charge on any atom is 0.255 e. The summed E-state index contributed by atoms with van der Waals surface area (Å²) in [6.07, 6.45) is 0.0917. The molecule has 66 valence electrons. The second kappa shape index (κ2) is 3.34. The first kappa shape index (κ1) is 8.70. The van der Waals surface area contributed by atoms with Gasteiger partial charge in [-0.25, -0.2) is 4.98 Å². The third kappa shape index (κ3) is 1.61. The smallest absolute Gasteiger partial charge is 0.255 e. The molecule has 0 radical (unpaired) electrons. The van der Waals surface area contributed by atoms with E-state index >= 15 is 0 Å². The molecule has 1 heterocycles. The van der Waals surface area contributed by atoms with Crippen LogP contribution in [0.3, 0.4) is 0 Å². The predicted octanol–water partition coefficient (Wildman–Crippen LogP) is 0.173. The number of nitrogens with zero attached hydrogens (tertiary/aromatic N) is 1. The number of H-pyrrole nitrogens is 1. The molecule has 0 aromatic carbocycles. The summed E-state index contributed by atoms with van der Waals surface area (Å²) < 4.78 is 11.9. The number of anilines is 1. The van der Waals surface area contributed by atoms with Gasteiger partial charge in [-0.3, -0.25) is 14.2 Å². The minimum atomic E-state index is -0.560. The van der Waals surface area contributed by atoms with Crippen LogP contribution in [0.25, 0.3) is 0 Å². The van der Waals surface area contributed by atoms with Gasteiger partial charge in [-0.15, -0.1) is 0 Å². The molecule has 0 atom stereocenters. The van der Waals surface area contributed by atoms with Crippen LogP contribution in [0, 0.1) is 6.92 Å². The lowest BCUT2D eigenvalue weighted by molar-refractivity contribution is 0.492. The van der Waals surface area contributed by atoms with Gasteiger partial charge in [-0.2, -0.15) is 0 Å². The Morgan fingerprint density at radius 1 is 1.67 bits per heavy atom. The molecule has 3 N–H and O–H groups in total. The maximum atomic E-state index is 11.9. The zero-order valence-corrected chi connectivity index (χ0v) is 6.72. The predicted molar refractivity (Wildman–Crippen MR) is 43.7 cm³/mol. The molecule has 0 spiro atoms. The van der Waals surface area contributed by atoms with Crippen molar-refractivity contribution in [3.63, 3.8) is 0 Å². The van der Waals surface area contributed by atoms with Crippen molar-refractivity contribution in [3.8, 4) is 0 Å². The molecule has 1 rings (SSSR count). The van der Waals surface area contributed by atoms with Crippen LogP contribution in [0.5, 0.6) is 0 Å². The van der Waals surface area contributed by atoms with Gasteiger partial charge in [0.05, 0.1) is 12.4 Å². The second-order valence-corrected chi connectivity index (χ2v) is 2.45. The molecule has 1 aromatic heterocycles. The van der Waals surface area contributed by atoms with E-state index in [4.69, 9.17) is 5.73 Å². The Morgan fingerprint density at radius 3 is 2.83 bits per heavy atom. The number of nitrogens with one attached hydrogen (secondary N) is 1. The van der Waals surface area contributed by atoms with E-state index in [1.165, 1.54) is 0 Å². The van der Waals surface area contributed by atoms with Gasteiger partial charge < -0.3 is 5.73 Å². The van der Waals surface area contributed by atoms with Gasteiger partial charge in [0.15, 0.2) is 0 Å². The molecule has 0 saturated heterocycles. The highest BCUT2D eigenvalue weighted by atomic mass is 19.1. The standard InChI is InChI=1S/C7H10FN3O/c1-4-5(2-3-8)6(12)11-7(9)10-4/h2-3H2,1H3,(H3,9,10,11,12). The highest BCUT2D eigenvalue weighted by molar-refractivity contribution is 5.24. The Labute approximate surface area is 68.6 Å². The summed E-state index contributed by atoms with van der Waals surface area (Å²) in [6, 6.07) is 0. The van der Waals surface area contributed by atoms with Crippen LogP contribution in [0.1, 0.15) is 11.3 Å². The quantitative estimate of drug-likeness (QED) is 0.666. The monoisotopic (exact) mass is 171 g/mol. The molecule has 0 bridgehead atoms. The van der Waals surface area contributed by atoms with Gasteiger partial charge in [-0.05, 0) is 6.92 Å². The first-order chi connectivity index (χ1) is 5.65. The SMILES string of the molecule is Cc1nc(N)[nH]c(=O)c1CCF. The average molecular weight is 171 g/mol. The third-order valence-electron chi connectivity index (χ3n) is 1.59. The number of aromatic nitrogens is 2. The Hall–Kier alpha value is -1.39. The zero-order valence-electron chi connectivity index (χ0n) is 6.72. The fourth-order valence-corrected chi connectivity index (χ4v) is 1.02. The van der Waals surface area contributed by atoms with Crippen LogP contribution in [-0.2, 0) is 6.42 Å². The van der Waals surface area contributed by atoms with E-state index in [0.717, 1.165) is 0 Å². The van der Waals surface area contributed by atoms with E-state index in [2.05, 4.69) is 9.97 Å². The number of alkyl halides is 1. The van der Waals surface area contributed by atoms with Crippen LogP contribution in [-0.4, -0.2) is 16.6 Å². The molecule has 0 aliphatic heterocycles. The van der Waals surface area contributed by atoms with Crippen LogP contribution >= 0.6 is 0 Å². The highest BCUT2D eigenvalue weighted by Gasteiger charge is 2.05. The first-order valence-electron chi connectivity index (χ1n) is 3.56. The Kier molecular flexibility index (Phi) is 2.42. The molecule has 12 heavy (non-hydrogen) atoms. The van der Waals surface area contributed by atoms with Crippen molar-refractivity contribution in [2.45, 2.75) is 13.3 Å². The van der Waals surface area contributed by atoms with Crippen molar-refractivity contribution in [3.05, 3.63) is 21.6 Å². The maximum absolute atomic E-state index is 11.9. The topological polar surface area (TPSA) is 71.8 Å². The normalized spacial score (nSPS) is 10.2. The van der Waals surface area contributed by atoms with Gasteiger partial charge in [-0.1, -0.05) is 0 Å². The number of hydrogen-bond donors (Lipinski definition) is 2. The van der Waals surface area contributed by atoms with Gasteiger partial charge in [0, 0.05) is 12.0 Å². The van der Waals surface area contributed by atoms with Crippen molar-refractivity contribution in [2.75, 3.05) is 12.4 Å². The highest BCUT2D eigenvalue weighted by Crippen LogP contribution is 2.00. The molecular weight excluding hydrogens is 161 g/mol. The second-order valence-electron chi connectivity index (χ2n) is 2.45. The molecule has 0 saturated carbocycles. The molecule has 0 aliphatic carbocycles. The van der Waals surface area contributed by atoms with Gasteiger partial charge in [0.25, 0.3) is 5.56 Å². The molecule has 0 aliphatic rings. The van der Waals surface area contributed by atoms with Crippen molar-refractivity contribution in [1.29, 1.82) is 0 Å². The Balaban J connectivity index is 3.19. The van der Waals surface area contributed by atoms with Crippen molar-refractivity contribution in [2.24, 2.45) is 0 Å². The summed E-state index contributed by atoms with van der Waals surface area (Å²) in [5.74, 6) is 0.0695. The number of halogens is 1. The number of nitrogens with two attached hydrogens (primary N) is 1. The minimum Gasteiger partial charge on any atom is -0.369 e. The molecule has 0 amide bonds. The van der Waals surface area contributed by atoms with Crippen molar-refractivity contribution >= 4 is 5.95 Å². The summed E-state index contributed by atoms with van der Waals surface area (Å²) in [4.78, 5) is 17.2. The Bertz CT molecular complexity index is 334. The lowest BCUT2D eigenvalue weighted by Gasteiger charge is -2.01. The lowest BCUT2D eigenvalue weighted by Crippen LogP contribution is -2.18. The van der Waals surface area contributed by atoms with Crippen LogP contribution < -0.4 is 11.3 Å². The van der Waals surface area contributed by atoms with Crippen LogP contribution in [0.2, 0.25) is 0 Å². The third-order valence-corrected chi connectivity index (χ3v) is 1.59. The average Bonchev–Trinajstić information content (AvgIpc) is 1.96. The van der Waals surface area contributed by atoms with Crippen molar-refractivity contribution < 1.29 is 4.39 Å². The fraction of sp³-hybridized carbons (Fsp3) is 0.429. The molecule has 5 heteroatoms. The van der Waals surface area contributed by atoms with E-state index in [1.807, 2.05) is 0 Å². The number of aromatic amines is 1. The van der Waals surface area contributed by atoms with E-state index in [0.29, 0.717) is 11.3 Å². The van der Waals surface area contributed by atoms with E-state index in [-0.39, 0.29) is 17.9 Å². The fourth-order valence-electron chi connectivity index (χ4n) is 1.02. The minimum absolute atomic E-state index is 0.0695. The van der Waals surface area contributed by atoms with E-state index < -0.39 is 6.67 Å².